The third-order valence-electron chi connectivity index (χ3n) is 5.07. The molecule has 11 nitrogen and oxygen atoms in total. The highest BCUT2D eigenvalue weighted by atomic mass is 16.6. The summed E-state index contributed by atoms with van der Waals surface area (Å²) in [5, 5.41) is 11.2. The first-order valence-corrected chi connectivity index (χ1v) is 10.3. The van der Waals surface area contributed by atoms with Crippen LogP contribution in [-0.2, 0) is 19.1 Å². The number of benzene rings is 1. The summed E-state index contributed by atoms with van der Waals surface area (Å²) < 4.78 is 9.88. The number of non-ortho nitro benzene ring substituents is 1. The molecule has 1 aliphatic rings. The molecule has 0 aromatic heterocycles. The Morgan fingerprint density at radius 1 is 1.06 bits per heavy atom. The van der Waals surface area contributed by atoms with Gasteiger partial charge in [0.1, 0.15) is 0 Å². The summed E-state index contributed by atoms with van der Waals surface area (Å²) in [5.41, 5.74) is -0.650. The number of likely N-dealkylation sites (tertiary alicyclic amines) is 1. The summed E-state index contributed by atoms with van der Waals surface area (Å²) in [5.74, 6) is -2.25. The van der Waals surface area contributed by atoms with E-state index < -0.39 is 22.5 Å². The maximum absolute atomic E-state index is 12.8. The lowest BCUT2D eigenvalue weighted by Gasteiger charge is -2.32. The van der Waals surface area contributed by atoms with E-state index >= 15 is 0 Å². The van der Waals surface area contributed by atoms with Crippen LogP contribution in [0.3, 0.4) is 0 Å². The van der Waals surface area contributed by atoms with E-state index in [0.29, 0.717) is 32.5 Å². The number of hydrogen-bond acceptors (Lipinski definition) is 8. The maximum atomic E-state index is 12.8. The van der Waals surface area contributed by atoms with Crippen LogP contribution in [0.15, 0.2) is 18.2 Å². The summed E-state index contributed by atoms with van der Waals surface area (Å²) in [7, 11) is 1.40. The van der Waals surface area contributed by atoms with Crippen LogP contribution in [-0.4, -0.2) is 78.4 Å². The van der Waals surface area contributed by atoms with Crippen LogP contribution in [0.25, 0.3) is 0 Å². The van der Waals surface area contributed by atoms with Crippen molar-refractivity contribution in [2.45, 2.75) is 26.7 Å². The van der Waals surface area contributed by atoms with Crippen LogP contribution in [0.1, 0.15) is 47.4 Å². The Kier molecular flexibility index (Phi) is 8.68. The largest absolute Gasteiger partial charge is 0.466 e. The SMILES string of the molecule is CCOC(=O)c1cc(C(=O)N(C)CC(=O)N2CCC(C(=O)OCC)CC2)cc([N+](=O)[O-])c1. The fraction of sp³-hybridized carbons (Fsp3) is 0.524. The van der Waals surface area contributed by atoms with Gasteiger partial charge in [-0.05, 0) is 32.8 Å². The Hall–Kier alpha value is -3.50. The second kappa shape index (κ2) is 11.2. The first kappa shape index (κ1) is 24.8. The topological polar surface area (TPSA) is 136 Å². The highest BCUT2D eigenvalue weighted by Crippen LogP contribution is 2.21. The van der Waals surface area contributed by atoms with Crippen molar-refractivity contribution in [2.75, 3.05) is 39.9 Å². The second-order valence-corrected chi connectivity index (χ2v) is 7.31. The van der Waals surface area contributed by atoms with Gasteiger partial charge in [-0.15, -0.1) is 0 Å². The zero-order valence-corrected chi connectivity index (χ0v) is 18.4. The zero-order valence-electron chi connectivity index (χ0n) is 18.4. The van der Waals surface area contributed by atoms with E-state index in [1.807, 2.05) is 0 Å². The Bertz CT molecular complexity index is 893. The number of nitrogens with zero attached hydrogens (tertiary/aromatic N) is 3. The number of rotatable bonds is 8. The highest BCUT2D eigenvalue weighted by Gasteiger charge is 2.29. The Labute approximate surface area is 185 Å². The van der Waals surface area contributed by atoms with Gasteiger partial charge in [0.2, 0.25) is 5.91 Å². The normalized spacial score (nSPS) is 13.9. The van der Waals surface area contributed by atoms with Gasteiger partial charge >= 0.3 is 11.9 Å². The molecule has 1 aromatic rings. The van der Waals surface area contributed by atoms with Gasteiger partial charge < -0.3 is 19.3 Å². The Morgan fingerprint density at radius 2 is 1.66 bits per heavy atom. The van der Waals surface area contributed by atoms with Crippen molar-refractivity contribution in [3.05, 3.63) is 39.4 Å². The Morgan fingerprint density at radius 3 is 2.22 bits per heavy atom. The molecule has 1 heterocycles. The van der Waals surface area contributed by atoms with E-state index in [4.69, 9.17) is 9.47 Å². The molecule has 1 saturated heterocycles. The van der Waals surface area contributed by atoms with Crippen molar-refractivity contribution >= 4 is 29.4 Å². The number of piperidine rings is 1. The summed E-state index contributed by atoms with van der Waals surface area (Å²) >= 11 is 0. The van der Waals surface area contributed by atoms with Crippen LogP contribution in [0, 0.1) is 16.0 Å². The predicted molar refractivity (Wildman–Crippen MR) is 112 cm³/mol. The molecule has 2 rings (SSSR count). The lowest BCUT2D eigenvalue weighted by molar-refractivity contribution is -0.384. The molecule has 0 aliphatic carbocycles. The van der Waals surface area contributed by atoms with Gasteiger partial charge in [-0.1, -0.05) is 0 Å². The second-order valence-electron chi connectivity index (χ2n) is 7.31. The quantitative estimate of drug-likeness (QED) is 0.332. The van der Waals surface area contributed by atoms with E-state index in [0.717, 1.165) is 17.0 Å². The molecule has 174 valence electrons. The molecular weight excluding hydrogens is 422 g/mol. The third kappa shape index (κ3) is 6.25. The van der Waals surface area contributed by atoms with Crippen molar-refractivity contribution in [3.8, 4) is 0 Å². The van der Waals surface area contributed by atoms with E-state index in [9.17, 15) is 29.3 Å². The van der Waals surface area contributed by atoms with Crippen molar-refractivity contribution < 1.29 is 33.6 Å². The van der Waals surface area contributed by atoms with Gasteiger partial charge in [-0.3, -0.25) is 24.5 Å². The summed E-state index contributed by atoms with van der Waals surface area (Å²) in [6.07, 6.45) is 0.964. The number of amides is 2. The fourth-order valence-electron chi connectivity index (χ4n) is 3.39. The molecule has 11 heteroatoms. The van der Waals surface area contributed by atoms with E-state index in [1.54, 1.807) is 18.7 Å². The number of nitro benzene ring substituents is 1. The van der Waals surface area contributed by atoms with Crippen molar-refractivity contribution in [1.82, 2.24) is 9.80 Å². The van der Waals surface area contributed by atoms with E-state index in [2.05, 4.69) is 0 Å². The number of esters is 2. The van der Waals surface area contributed by atoms with E-state index in [1.165, 1.54) is 13.1 Å². The molecule has 0 bridgehead atoms. The predicted octanol–water partition coefficient (Wildman–Crippen LogP) is 1.65. The lowest BCUT2D eigenvalue weighted by atomic mass is 9.97. The molecule has 0 atom stereocenters. The van der Waals surface area contributed by atoms with Gasteiger partial charge in [-0.2, -0.15) is 0 Å². The molecule has 0 radical (unpaired) electrons. The average molecular weight is 449 g/mol. The van der Waals surface area contributed by atoms with Crippen molar-refractivity contribution in [2.24, 2.45) is 5.92 Å². The number of carbonyl (C=O) groups is 4. The lowest BCUT2D eigenvalue weighted by Crippen LogP contribution is -2.45. The molecule has 0 N–H and O–H groups in total. The standard InChI is InChI=1S/C21H27N3O8/c1-4-31-20(27)14-6-8-23(9-7-14)18(25)13-22(3)19(26)15-10-16(21(28)32-5-2)12-17(11-15)24(29)30/h10-12,14H,4-9,13H2,1-3H3. The molecule has 0 spiro atoms. The van der Waals surface area contributed by atoms with Crippen LogP contribution in [0.2, 0.25) is 0 Å². The molecule has 1 aromatic carbocycles. The molecule has 0 saturated carbocycles. The number of nitro groups is 1. The molecule has 1 fully saturated rings. The van der Waals surface area contributed by atoms with Gasteiger partial charge in [-0.25, -0.2) is 4.79 Å². The van der Waals surface area contributed by atoms with Gasteiger partial charge in [0.05, 0.1) is 36.2 Å². The minimum atomic E-state index is -0.784. The van der Waals surface area contributed by atoms with Gasteiger partial charge in [0, 0.05) is 37.8 Å². The van der Waals surface area contributed by atoms with Crippen molar-refractivity contribution in [3.63, 3.8) is 0 Å². The van der Waals surface area contributed by atoms with Crippen molar-refractivity contribution in [1.29, 1.82) is 0 Å². The first-order valence-electron chi connectivity index (χ1n) is 10.3. The number of likely N-dealkylation sites (N-methyl/N-ethyl adjacent to an activating group) is 1. The summed E-state index contributed by atoms with van der Waals surface area (Å²) in [4.78, 5) is 62.5. The van der Waals surface area contributed by atoms with Crippen LogP contribution in [0.5, 0.6) is 0 Å². The number of carbonyl (C=O) groups excluding carboxylic acids is 4. The number of hydrogen-bond donors (Lipinski definition) is 0. The van der Waals surface area contributed by atoms with Crippen LogP contribution in [0.4, 0.5) is 5.69 Å². The molecular formula is C21H27N3O8. The zero-order chi connectivity index (χ0) is 23.8. The minimum absolute atomic E-state index is 0.0755. The highest BCUT2D eigenvalue weighted by molar-refractivity contribution is 6.00. The summed E-state index contributed by atoms with van der Waals surface area (Å²) in [6.45, 7) is 4.20. The molecule has 2 amide bonds. The van der Waals surface area contributed by atoms with E-state index in [-0.39, 0.29) is 42.1 Å². The number of ether oxygens (including phenoxy) is 2. The molecule has 0 unspecified atom stereocenters. The summed E-state index contributed by atoms with van der Waals surface area (Å²) in [6, 6.07) is 3.30. The minimum Gasteiger partial charge on any atom is -0.466 e. The van der Waals surface area contributed by atoms with Crippen LogP contribution >= 0.6 is 0 Å². The monoisotopic (exact) mass is 449 g/mol. The fourth-order valence-corrected chi connectivity index (χ4v) is 3.39. The first-order chi connectivity index (χ1) is 15.2. The third-order valence-corrected chi connectivity index (χ3v) is 5.07. The average Bonchev–Trinajstić information content (AvgIpc) is 2.78. The Balaban J connectivity index is 2.06. The smallest absolute Gasteiger partial charge is 0.338 e. The van der Waals surface area contributed by atoms with Crippen LogP contribution < -0.4 is 0 Å². The van der Waals surface area contributed by atoms with Gasteiger partial charge in [0.25, 0.3) is 11.6 Å². The van der Waals surface area contributed by atoms with Gasteiger partial charge in [0.15, 0.2) is 0 Å². The maximum Gasteiger partial charge on any atom is 0.338 e. The molecule has 32 heavy (non-hydrogen) atoms. The molecule has 1 aliphatic heterocycles.